The van der Waals surface area contributed by atoms with E-state index in [1.807, 2.05) is 25.2 Å². The van der Waals surface area contributed by atoms with E-state index in [1.54, 1.807) is 6.92 Å². The van der Waals surface area contributed by atoms with Crippen molar-refractivity contribution in [2.75, 3.05) is 33.1 Å². The van der Waals surface area contributed by atoms with Gasteiger partial charge in [0, 0.05) is 31.6 Å². The van der Waals surface area contributed by atoms with Crippen molar-refractivity contribution in [2.24, 2.45) is 0 Å². The van der Waals surface area contributed by atoms with Gasteiger partial charge < -0.3 is 14.7 Å². The van der Waals surface area contributed by atoms with E-state index in [2.05, 4.69) is 0 Å². The number of allylic oxidation sites excluding steroid dienone is 1. The molecule has 126 valence electrons. The number of thioether (sulfide) groups is 1. The van der Waals surface area contributed by atoms with Crippen LogP contribution in [-0.2, 0) is 11.2 Å². The van der Waals surface area contributed by atoms with Crippen molar-refractivity contribution < 1.29 is 19.4 Å². The summed E-state index contributed by atoms with van der Waals surface area (Å²) in [6, 6.07) is 0. The number of hydrogen-bond donors (Lipinski definition) is 1. The van der Waals surface area contributed by atoms with E-state index in [1.165, 1.54) is 23.1 Å². The zero-order valence-corrected chi connectivity index (χ0v) is 15.2. The lowest BCUT2D eigenvalue weighted by Crippen LogP contribution is -2.18. The van der Waals surface area contributed by atoms with Gasteiger partial charge in [0.1, 0.15) is 4.88 Å². The number of rotatable bonds is 6. The first-order valence-corrected chi connectivity index (χ1v) is 9.28. The van der Waals surface area contributed by atoms with Gasteiger partial charge in [0.2, 0.25) is 0 Å². The molecule has 5 nitrogen and oxygen atoms in total. The molecule has 1 aliphatic carbocycles. The largest absolute Gasteiger partial charge is 0.462 e. The molecule has 0 spiro atoms. The average molecular weight is 355 g/mol. The van der Waals surface area contributed by atoms with Gasteiger partial charge in [-0.25, -0.2) is 4.79 Å². The molecule has 0 bridgehead atoms. The Hall–Kier alpha value is -1.31. The van der Waals surface area contributed by atoms with E-state index >= 15 is 0 Å². The van der Waals surface area contributed by atoms with Crippen molar-refractivity contribution in [3.8, 4) is 0 Å². The minimum Gasteiger partial charge on any atom is -0.462 e. The first-order valence-electron chi connectivity index (χ1n) is 7.47. The van der Waals surface area contributed by atoms with E-state index in [4.69, 9.17) is 9.84 Å². The summed E-state index contributed by atoms with van der Waals surface area (Å²) in [4.78, 5) is 27.4. The molecule has 1 aromatic rings. The Labute approximate surface area is 144 Å². The van der Waals surface area contributed by atoms with Crippen LogP contribution in [0.3, 0.4) is 0 Å². The molecule has 0 saturated heterocycles. The predicted molar refractivity (Wildman–Crippen MR) is 92.5 cm³/mol. The predicted octanol–water partition coefficient (Wildman–Crippen LogP) is 2.58. The van der Waals surface area contributed by atoms with E-state index in [9.17, 15) is 9.59 Å². The fourth-order valence-electron chi connectivity index (χ4n) is 2.48. The number of ether oxygens (including phenoxy) is 1. The third kappa shape index (κ3) is 3.97. The number of hydrogen-bond acceptors (Lipinski definition) is 7. The number of fused-ring (bicyclic) bond motifs is 1. The molecule has 0 amide bonds. The van der Waals surface area contributed by atoms with Crippen LogP contribution in [0.25, 0.3) is 0 Å². The number of ketones is 1. The summed E-state index contributed by atoms with van der Waals surface area (Å²) in [5.74, 6) is 0.111. The number of aliphatic hydroxyl groups excluding tert-OH is 1. The van der Waals surface area contributed by atoms with Crippen molar-refractivity contribution in [3.63, 3.8) is 0 Å². The topological polar surface area (TPSA) is 66.8 Å². The Balaban J connectivity index is 2.46. The Morgan fingerprint density at radius 2 is 2.17 bits per heavy atom. The second-order valence-electron chi connectivity index (χ2n) is 5.31. The smallest absolute Gasteiger partial charge is 0.348 e. The van der Waals surface area contributed by atoms with Gasteiger partial charge in [-0.15, -0.1) is 23.1 Å². The highest BCUT2D eigenvalue weighted by atomic mass is 32.2. The molecule has 0 aromatic carbocycles. The van der Waals surface area contributed by atoms with Crippen LogP contribution in [0.2, 0.25) is 0 Å². The third-order valence-electron chi connectivity index (χ3n) is 3.34. The molecule has 1 aliphatic rings. The van der Waals surface area contributed by atoms with E-state index < -0.39 is 0 Å². The highest BCUT2D eigenvalue weighted by molar-refractivity contribution is 8.01. The van der Waals surface area contributed by atoms with Crippen LogP contribution >= 0.6 is 23.1 Å². The molecule has 1 heterocycles. The van der Waals surface area contributed by atoms with Crippen LogP contribution in [-0.4, -0.2) is 54.8 Å². The highest BCUT2D eigenvalue weighted by Gasteiger charge is 2.32. The molecule has 2 rings (SSSR count). The van der Waals surface area contributed by atoms with Crippen molar-refractivity contribution in [3.05, 3.63) is 27.8 Å². The molecule has 0 fully saturated rings. The number of carbonyl (C=O) groups is 2. The standard InChI is InChI=1S/C16H21NO4S2/c1-4-21-15(20)14-11-6-5-10(9-17(2)3)13(19)12(11)16(23-14)22-8-7-18/h9,18H,4-8H2,1-3H3/b10-9-. The summed E-state index contributed by atoms with van der Waals surface area (Å²) in [7, 11) is 3.77. The zero-order chi connectivity index (χ0) is 17.0. The molecule has 0 saturated carbocycles. The number of Topliss-reactive ketones (excluding diaryl/α,β-unsaturated/α-hetero) is 1. The molecule has 1 N–H and O–H groups in total. The molecule has 0 aliphatic heterocycles. The number of nitrogens with zero attached hydrogens (tertiary/aromatic N) is 1. The number of esters is 1. The highest BCUT2D eigenvalue weighted by Crippen LogP contribution is 2.41. The average Bonchev–Trinajstić information content (AvgIpc) is 2.87. The van der Waals surface area contributed by atoms with Crippen LogP contribution in [0.4, 0.5) is 0 Å². The number of carbonyl (C=O) groups excluding carboxylic acids is 2. The molecule has 0 radical (unpaired) electrons. The Morgan fingerprint density at radius 3 is 2.78 bits per heavy atom. The molecule has 7 heteroatoms. The third-order valence-corrected chi connectivity index (χ3v) is 5.80. The quantitative estimate of drug-likeness (QED) is 0.481. The fraction of sp³-hybridized carbons (Fsp3) is 0.500. The van der Waals surface area contributed by atoms with Gasteiger partial charge in [-0.1, -0.05) is 0 Å². The van der Waals surface area contributed by atoms with Crippen molar-refractivity contribution in [1.29, 1.82) is 0 Å². The van der Waals surface area contributed by atoms with E-state index in [-0.39, 0.29) is 18.4 Å². The van der Waals surface area contributed by atoms with E-state index in [0.717, 1.165) is 15.3 Å². The zero-order valence-electron chi connectivity index (χ0n) is 13.5. The van der Waals surface area contributed by atoms with Gasteiger partial charge in [-0.05, 0) is 25.3 Å². The lowest BCUT2D eigenvalue weighted by molar-refractivity contribution is 0.0531. The van der Waals surface area contributed by atoms with Crippen LogP contribution in [0.5, 0.6) is 0 Å². The van der Waals surface area contributed by atoms with Crippen LogP contribution in [0.15, 0.2) is 16.0 Å². The van der Waals surface area contributed by atoms with Crippen LogP contribution in [0.1, 0.15) is 38.9 Å². The molecule has 0 unspecified atom stereocenters. The minimum atomic E-state index is -0.363. The van der Waals surface area contributed by atoms with Crippen molar-refractivity contribution in [1.82, 2.24) is 4.90 Å². The maximum absolute atomic E-state index is 12.8. The monoisotopic (exact) mass is 355 g/mol. The molecular weight excluding hydrogens is 334 g/mol. The van der Waals surface area contributed by atoms with Gasteiger partial charge in [0.15, 0.2) is 5.78 Å². The Bertz CT molecular complexity index is 634. The summed E-state index contributed by atoms with van der Waals surface area (Å²) in [6.45, 7) is 2.10. The Kier molecular flexibility index (Phi) is 6.26. The normalized spacial score (nSPS) is 15.7. The molecule has 0 atom stereocenters. The lowest BCUT2D eigenvalue weighted by atomic mass is 9.89. The molecule has 23 heavy (non-hydrogen) atoms. The number of aliphatic hydroxyl groups is 1. The van der Waals surface area contributed by atoms with E-state index in [0.29, 0.717) is 35.6 Å². The van der Waals surface area contributed by atoms with Crippen LogP contribution in [0, 0.1) is 0 Å². The molecule has 1 aromatic heterocycles. The minimum absolute atomic E-state index is 0.0211. The summed E-state index contributed by atoms with van der Waals surface area (Å²) in [5.41, 5.74) is 2.17. The van der Waals surface area contributed by atoms with Gasteiger partial charge >= 0.3 is 5.97 Å². The summed E-state index contributed by atoms with van der Waals surface area (Å²) in [5, 5.41) is 9.06. The maximum atomic E-state index is 12.8. The lowest BCUT2D eigenvalue weighted by Gasteiger charge is -2.18. The van der Waals surface area contributed by atoms with Gasteiger partial charge in [0.05, 0.1) is 23.0 Å². The molecular formula is C16H21NO4S2. The first-order chi connectivity index (χ1) is 11.0. The Morgan fingerprint density at radius 1 is 1.43 bits per heavy atom. The summed E-state index contributed by atoms with van der Waals surface area (Å²) < 4.78 is 5.91. The van der Waals surface area contributed by atoms with Gasteiger partial charge in [-0.3, -0.25) is 4.79 Å². The summed E-state index contributed by atoms with van der Waals surface area (Å²) >= 11 is 2.72. The van der Waals surface area contributed by atoms with Crippen LogP contribution < -0.4 is 0 Å². The van der Waals surface area contributed by atoms with Gasteiger partial charge in [0.25, 0.3) is 0 Å². The van der Waals surface area contributed by atoms with Crippen molar-refractivity contribution in [2.45, 2.75) is 24.0 Å². The fourth-order valence-corrected chi connectivity index (χ4v) is 4.83. The SMILES string of the molecule is CCOC(=O)c1sc(SCCO)c2c1CC/C(=C/N(C)C)C2=O. The van der Waals surface area contributed by atoms with Crippen molar-refractivity contribution >= 4 is 34.9 Å². The second-order valence-corrected chi connectivity index (χ2v) is 7.70. The number of thiophene rings is 1. The summed E-state index contributed by atoms with van der Waals surface area (Å²) in [6.07, 6.45) is 3.12. The van der Waals surface area contributed by atoms with Gasteiger partial charge in [-0.2, -0.15) is 0 Å². The first kappa shape index (κ1) is 18.0. The second kappa shape index (κ2) is 7.99. The maximum Gasteiger partial charge on any atom is 0.348 e.